The molecule has 1 atom stereocenters. The first-order chi connectivity index (χ1) is 10.3. The van der Waals surface area contributed by atoms with Crippen molar-refractivity contribution in [1.29, 1.82) is 0 Å². The first-order valence-corrected chi connectivity index (χ1v) is 7.35. The largest absolute Gasteiger partial charge is 0.361 e. The average Bonchev–Trinajstić information content (AvgIpc) is 3.21. The van der Waals surface area contributed by atoms with Gasteiger partial charge < -0.3 is 9.84 Å². The van der Waals surface area contributed by atoms with Crippen molar-refractivity contribution < 1.29 is 9.32 Å². The molecule has 21 heavy (non-hydrogen) atoms. The van der Waals surface area contributed by atoms with Gasteiger partial charge in [-0.15, -0.1) is 11.3 Å². The van der Waals surface area contributed by atoms with E-state index in [4.69, 9.17) is 4.52 Å². The van der Waals surface area contributed by atoms with Crippen LogP contribution in [0.25, 0.3) is 0 Å². The van der Waals surface area contributed by atoms with E-state index < -0.39 is 0 Å². The van der Waals surface area contributed by atoms with E-state index >= 15 is 0 Å². The van der Waals surface area contributed by atoms with Gasteiger partial charge in [0.15, 0.2) is 0 Å². The third-order valence-corrected chi connectivity index (χ3v) is 4.14. The number of nitrogens with zero attached hydrogens (tertiary/aromatic N) is 3. The minimum absolute atomic E-state index is 0.0240. The van der Waals surface area contributed by atoms with E-state index in [-0.39, 0.29) is 11.9 Å². The van der Waals surface area contributed by atoms with Crippen molar-refractivity contribution in [2.75, 3.05) is 6.54 Å². The first-order valence-electron chi connectivity index (χ1n) is 6.47. The van der Waals surface area contributed by atoms with Crippen LogP contribution in [-0.4, -0.2) is 27.4 Å². The molecule has 3 rings (SSSR count). The van der Waals surface area contributed by atoms with Crippen molar-refractivity contribution in [2.24, 2.45) is 0 Å². The summed E-state index contributed by atoms with van der Waals surface area (Å²) in [6.07, 6.45) is 5.05. The molecule has 7 heteroatoms. The fraction of sp³-hybridized carbons (Fsp3) is 0.214. The summed E-state index contributed by atoms with van der Waals surface area (Å²) in [5, 5.41) is 12.8. The lowest BCUT2D eigenvalue weighted by Gasteiger charge is -2.16. The lowest BCUT2D eigenvalue weighted by molar-refractivity contribution is 0.0948. The maximum absolute atomic E-state index is 12.1. The molecule has 0 saturated heterocycles. The van der Waals surface area contributed by atoms with E-state index in [1.807, 2.05) is 34.5 Å². The van der Waals surface area contributed by atoms with Crippen molar-refractivity contribution in [2.45, 2.75) is 13.0 Å². The number of carbonyl (C=O) groups is 1. The fourth-order valence-corrected chi connectivity index (χ4v) is 2.89. The van der Waals surface area contributed by atoms with Crippen LogP contribution < -0.4 is 5.32 Å². The van der Waals surface area contributed by atoms with Crippen LogP contribution in [0.3, 0.4) is 0 Å². The molecule has 0 radical (unpaired) electrons. The molecule has 0 saturated carbocycles. The Morgan fingerprint density at radius 3 is 3.05 bits per heavy atom. The first kappa shape index (κ1) is 13.6. The van der Waals surface area contributed by atoms with Gasteiger partial charge in [-0.1, -0.05) is 11.2 Å². The van der Waals surface area contributed by atoms with Crippen LogP contribution >= 0.6 is 11.3 Å². The maximum atomic E-state index is 12.1. The number of hydrogen-bond donors (Lipinski definition) is 1. The number of aromatic nitrogens is 3. The zero-order valence-electron chi connectivity index (χ0n) is 11.4. The molecule has 108 valence electrons. The SMILES string of the molecule is Cc1oncc1C(=O)NCC(c1cccs1)n1cccn1. The normalized spacial score (nSPS) is 12.2. The summed E-state index contributed by atoms with van der Waals surface area (Å²) in [7, 11) is 0. The summed E-state index contributed by atoms with van der Waals surface area (Å²) >= 11 is 1.64. The molecule has 1 amide bonds. The minimum Gasteiger partial charge on any atom is -0.361 e. The van der Waals surface area contributed by atoms with Crippen LogP contribution in [0.4, 0.5) is 0 Å². The Morgan fingerprint density at radius 1 is 1.52 bits per heavy atom. The molecule has 0 aliphatic rings. The van der Waals surface area contributed by atoms with E-state index in [1.165, 1.54) is 6.20 Å². The van der Waals surface area contributed by atoms with Crippen molar-refractivity contribution in [3.8, 4) is 0 Å². The Balaban J connectivity index is 1.74. The lowest BCUT2D eigenvalue weighted by atomic mass is 10.2. The predicted molar refractivity (Wildman–Crippen MR) is 78.3 cm³/mol. The number of aryl methyl sites for hydroxylation is 1. The molecule has 6 nitrogen and oxygen atoms in total. The molecule has 3 heterocycles. The number of amides is 1. The summed E-state index contributed by atoms with van der Waals surface area (Å²) in [6.45, 7) is 2.16. The standard InChI is InChI=1S/C14H14N4O2S/c1-10-11(8-17-20-10)14(19)15-9-12(13-4-2-7-21-13)18-6-3-5-16-18/h2-8,12H,9H2,1H3,(H,15,19). The summed E-state index contributed by atoms with van der Waals surface area (Å²) in [5.41, 5.74) is 0.459. The van der Waals surface area contributed by atoms with Gasteiger partial charge >= 0.3 is 0 Å². The third-order valence-electron chi connectivity index (χ3n) is 3.17. The van der Waals surface area contributed by atoms with Crippen LogP contribution in [0.15, 0.2) is 46.7 Å². The highest BCUT2D eigenvalue weighted by Gasteiger charge is 2.18. The molecule has 0 aliphatic heterocycles. The highest BCUT2D eigenvalue weighted by atomic mass is 32.1. The Bertz CT molecular complexity index is 669. The second-order valence-electron chi connectivity index (χ2n) is 4.52. The molecule has 1 unspecified atom stereocenters. The Kier molecular flexibility index (Phi) is 3.83. The van der Waals surface area contributed by atoms with Gasteiger partial charge in [0, 0.05) is 23.8 Å². The van der Waals surface area contributed by atoms with Gasteiger partial charge in [0.25, 0.3) is 5.91 Å². The lowest BCUT2D eigenvalue weighted by Crippen LogP contribution is -2.31. The Labute approximate surface area is 125 Å². The molecule has 3 aromatic rings. The third kappa shape index (κ3) is 2.87. The van der Waals surface area contributed by atoms with Crippen LogP contribution in [0.1, 0.15) is 27.0 Å². The van der Waals surface area contributed by atoms with Gasteiger partial charge in [0.1, 0.15) is 17.4 Å². The van der Waals surface area contributed by atoms with Crippen LogP contribution in [0, 0.1) is 6.92 Å². The van der Waals surface area contributed by atoms with Gasteiger partial charge in [0.2, 0.25) is 0 Å². The van der Waals surface area contributed by atoms with Crippen LogP contribution in [0.2, 0.25) is 0 Å². The van der Waals surface area contributed by atoms with Crippen molar-refractivity contribution in [3.05, 3.63) is 58.4 Å². The molecule has 0 fully saturated rings. The fourth-order valence-electron chi connectivity index (χ4n) is 2.07. The van der Waals surface area contributed by atoms with Gasteiger partial charge in [0.05, 0.1) is 6.20 Å². The van der Waals surface area contributed by atoms with Gasteiger partial charge in [-0.05, 0) is 24.4 Å². The number of thiophene rings is 1. The van der Waals surface area contributed by atoms with Crippen LogP contribution in [-0.2, 0) is 0 Å². The molecule has 3 aromatic heterocycles. The Morgan fingerprint density at radius 2 is 2.43 bits per heavy atom. The second-order valence-corrected chi connectivity index (χ2v) is 5.50. The number of hydrogen-bond acceptors (Lipinski definition) is 5. The molecule has 0 aromatic carbocycles. The minimum atomic E-state index is -0.192. The highest BCUT2D eigenvalue weighted by molar-refractivity contribution is 7.10. The quantitative estimate of drug-likeness (QED) is 0.784. The molecule has 0 spiro atoms. The Hall–Kier alpha value is -2.41. The van der Waals surface area contributed by atoms with Crippen molar-refractivity contribution in [3.63, 3.8) is 0 Å². The molecule has 0 aliphatic carbocycles. The molecular weight excluding hydrogens is 288 g/mol. The van der Waals surface area contributed by atoms with E-state index in [0.717, 1.165) is 4.88 Å². The van der Waals surface area contributed by atoms with E-state index in [1.54, 1.807) is 24.5 Å². The average molecular weight is 302 g/mol. The van der Waals surface area contributed by atoms with Crippen LogP contribution in [0.5, 0.6) is 0 Å². The smallest absolute Gasteiger partial charge is 0.256 e. The van der Waals surface area contributed by atoms with E-state index in [2.05, 4.69) is 15.6 Å². The molecule has 0 bridgehead atoms. The zero-order valence-corrected chi connectivity index (χ0v) is 12.2. The highest BCUT2D eigenvalue weighted by Crippen LogP contribution is 2.22. The van der Waals surface area contributed by atoms with E-state index in [0.29, 0.717) is 17.9 Å². The number of nitrogens with one attached hydrogen (secondary N) is 1. The topological polar surface area (TPSA) is 73.0 Å². The maximum Gasteiger partial charge on any atom is 0.256 e. The monoisotopic (exact) mass is 302 g/mol. The predicted octanol–water partition coefficient (Wildman–Crippen LogP) is 2.26. The molecule has 1 N–H and O–H groups in total. The zero-order chi connectivity index (χ0) is 14.7. The summed E-state index contributed by atoms with van der Waals surface area (Å²) in [4.78, 5) is 13.3. The van der Waals surface area contributed by atoms with Gasteiger partial charge in [-0.3, -0.25) is 9.48 Å². The van der Waals surface area contributed by atoms with Crippen molar-refractivity contribution >= 4 is 17.2 Å². The number of rotatable bonds is 5. The van der Waals surface area contributed by atoms with Gasteiger partial charge in [-0.25, -0.2) is 0 Å². The van der Waals surface area contributed by atoms with Gasteiger partial charge in [-0.2, -0.15) is 5.10 Å². The summed E-state index contributed by atoms with van der Waals surface area (Å²) in [5.74, 6) is 0.321. The van der Waals surface area contributed by atoms with Crippen molar-refractivity contribution in [1.82, 2.24) is 20.3 Å². The second kappa shape index (κ2) is 5.92. The summed E-state index contributed by atoms with van der Waals surface area (Å²) < 4.78 is 6.75. The summed E-state index contributed by atoms with van der Waals surface area (Å²) in [6, 6.07) is 5.87. The number of carbonyl (C=O) groups excluding carboxylic acids is 1. The van der Waals surface area contributed by atoms with E-state index in [9.17, 15) is 4.79 Å². The molecular formula is C14H14N4O2S.